The largest absolute Gasteiger partial charge is 0.481 e. The number of benzene rings is 2. The number of hydrogen-bond acceptors (Lipinski definition) is 5. The molecule has 0 saturated carbocycles. The molecule has 0 aliphatic carbocycles. The predicted octanol–water partition coefficient (Wildman–Crippen LogP) is 3.83. The van der Waals surface area contributed by atoms with Gasteiger partial charge < -0.3 is 15.0 Å². The van der Waals surface area contributed by atoms with E-state index in [1.54, 1.807) is 37.5 Å². The molecule has 0 spiro atoms. The molecule has 1 atom stereocenters. The number of amides is 2. The van der Waals surface area contributed by atoms with Crippen molar-refractivity contribution >= 4 is 34.9 Å². The second-order valence-electron chi connectivity index (χ2n) is 7.89. The normalized spacial score (nSPS) is 15.2. The molecule has 1 unspecified atom stereocenters. The molecule has 2 aromatic carbocycles. The Morgan fingerprint density at radius 2 is 1.91 bits per heavy atom. The van der Waals surface area contributed by atoms with Crippen LogP contribution in [0.5, 0.6) is 5.88 Å². The first-order valence-electron chi connectivity index (χ1n) is 10.5. The van der Waals surface area contributed by atoms with Gasteiger partial charge in [-0.05, 0) is 47.9 Å². The van der Waals surface area contributed by atoms with E-state index in [1.165, 1.54) is 36.3 Å². The summed E-state index contributed by atoms with van der Waals surface area (Å²) in [5.41, 5.74) is 2.35. The van der Waals surface area contributed by atoms with E-state index in [0.29, 0.717) is 22.7 Å². The molecule has 1 aliphatic heterocycles. The topological polar surface area (TPSA) is 88.6 Å². The molecule has 1 N–H and O–H groups in total. The molecule has 0 bridgehead atoms. The molecular weight excluding hydrogens is 461 g/mol. The number of hydrogen-bond donors (Lipinski definition) is 1. The summed E-state index contributed by atoms with van der Waals surface area (Å²) in [7, 11) is 3.10. The Morgan fingerprint density at radius 3 is 2.59 bits per heavy atom. The van der Waals surface area contributed by atoms with Crippen molar-refractivity contribution in [3.8, 4) is 5.88 Å². The van der Waals surface area contributed by atoms with Gasteiger partial charge in [0.15, 0.2) is 5.78 Å². The number of ether oxygens (including phenoxy) is 1. The number of rotatable bonds is 6. The fraction of sp³-hybridized carbons (Fsp3) is 0.200. The Morgan fingerprint density at radius 1 is 1.15 bits per heavy atom. The number of anilines is 1. The second kappa shape index (κ2) is 9.61. The van der Waals surface area contributed by atoms with E-state index in [0.717, 1.165) is 5.56 Å². The number of Topliss-reactive ketones (excluding diaryl/α,β-unsaturated/α-hetero) is 1. The van der Waals surface area contributed by atoms with Gasteiger partial charge in [-0.15, -0.1) is 0 Å². The van der Waals surface area contributed by atoms with Gasteiger partial charge in [-0.25, -0.2) is 9.37 Å². The van der Waals surface area contributed by atoms with Crippen LogP contribution in [0.1, 0.15) is 31.8 Å². The highest BCUT2D eigenvalue weighted by molar-refractivity contribution is 6.30. The molecule has 4 rings (SSSR count). The Kier molecular flexibility index (Phi) is 6.61. The lowest BCUT2D eigenvalue weighted by Gasteiger charge is -2.31. The minimum Gasteiger partial charge on any atom is -0.481 e. The Bertz CT molecular complexity index is 1280. The molecule has 1 aromatic heterocycles. The van der Waals surface area contributed by atoms with E-state index in [1.807, 2.05) is 0 Å². The molecule has 174 valence electrons. The SMILES string of the molecule is COc1ccc(CNC(=O)c2ccc3c(c2)C(=O)C(Cc2ccc(F)c(Cl)c2)C(=O)N3C)cn1. The summed E-state index contributed by atoms with van der Waals surface area (Å²) in [6, 6.07) is 12.2. The molecule has 2 heterocycles. The van der Waals surface area contributed by atoms with Gasteiger partial charge in [0, 0.05) is 37.0 Å². The number of methoxy groups -OCH3 is 1. The number of fused-ring (bicyclic) bond motifs is 1. The van der Waals surface area contributed by atoms with Crippen molar-refractivity contribution in [3.05, 3.63) is 87.8 Å². The van der Waals surface area contributed by atoms with Gasteiger partial charge >= 0.3 is 0 Å². The monoisotopic (exact) mass is 481 g/mol. The lowest BCUT2D eigenvalue weighted by molar-refractivity contribution is -0.120. The molecule has 7 nitrogen and oxygen atoms in total. The minimum atomic E-state index is -0.997. The summed E-state index contributed by atoms with van der Waals surface area (Å²) in [6.45, 7) is 0.243. The number of nitrogens with one attached hydrogen (secondary N) is 1. The van der Waals surface area contributed by atoms with Crippen molar-refractivity contribution in [1.29, 1.82) is 0 Å². The van der Waals surface area contributed by atoms with Crippen LogP contribution in [0.4, 0.5) is 10.1 Å². The zero-order valence-electron chi connectivity index (χ0n) is 18.5. The molecule has 9 heteroatoms. The molecule has 2 amide bonds. The molecule has 0 radical (unpaired) electrons. The van der Waals surface area contributed by atoms with E-state index in [9.17, 15) is 18.8 Å². The Hall–Kier alpha value is -3.78. The van der Waals surface area contributed by atoms with Crippen molar-refractivity contribution in [2.75, 3.05) is 19.1 Å². The number of ketones is 1. The first-order chi connectivity index (χ1) is 16.3. The van der Waals surface area contributed by atoms with Gasteiger partial charge in [0.2, 0.25) is 11.8 Å². The fourth-order valence-electron chi connectivity index (χ4n) is 3.82. The summed E-state index contributed by atoms with van der Waals surface area (Å²) in [5, 5.41) is 2.72. The third kappa shape index (κ3) is 4.63. The number of nitrogens with zero attached hydrogens (tertiary/aromatic N) is 2. The predicted molar refractivity (Wildman–Crippen MR) is 125 cm³/mol. The number of pyridine rings is 1. The van der Waals surface area contributed by atoms with Crippen LogP contribution in [0.15, 0.2) is 54.7 Å². The quantitative estimate of drug-likeness (QED) is 0.540. The first-order valence-corrected chi connectivity index (χ1v) is 10.8. The highest BCUT2D eigenvalue weighted by Crippen LogP contribution is 2.32. The van der Waals surface area contributed by atoms with E-state index in [4.69, 9.17) is 16.3 Å². The summed E-state index contributed by atoms with van der Waals surface area (Å²) in [6.07, 6.45) is 1.67. The van der Waals surface area contributed by atoms with Crippen LogP contribution in [-0.2, 0) is 17.8 Å². The van der Waals surface area contributed by atoms with Gasteiger partial charge in [0.25, 0.3) is 5.91 Å². The molecule has 0 fully saturated rings. The van der Waals surface area contributed by atoms with E-state index in [-0.39, 0.29) is 35.4 Å². The number of halogens is 2. The summed E-state index contributed by atoms with van der Waals surface area (Å²) >= 11 is 5.85. The molecule has 3 aromatic rings. The smallest absolute Gasteiger partial charge is 0.251 e. The number of carbonyl (C=O) groups excluding carboxylic acids is 3. The van der Waals surface area contributed by atoms with Crippen LogP contribution in [0, 0.1) is 11.7 Å². The molecule has 1 aliphatic rings. The highest BCUT2D eigenvalue weighted by Gasteiger charge is 2.38. The summed E-state index contributed by atoms with van der Waals surface area (Å²) in [4.78, 5) is 44.3. The number of aromatic nitrogens is 1. The molecule has 0 saturated heterocycles. The first kappa shape index (κ1) is 23.4. The number of carbonyl (C=O) groups is 3. The average Bonchev–Trinajstić information content (AvgIpc) is 2.85. The molecule has 34 heavy (non-hydrogen) atoms. The molecular formula is C25H21ClFN3O4. The van der Waals surface area contributed by atoms with Gasteiger partial charge in [0.05, 0.1) is 17.8 Å². The van der Waals surface area contributed by atoms with Crippen LogP contribution in [-0.4, -0.2) is 36.7 Å². The van der Waals surface area contributed by atoms with Crippen LogP contribution in [0.25, 0.3) is 0 Å². The zero-order chi connectivity index (χ0) is 24.4. The zero-order valence-corrected chi connectivity index (χ0v) is 19.2. The van der Waals surface area contributed by atoms with Gasteiger partial charge in [-0.3, -0.25) is 14.4 Å². The maximum Gasteiger partial charge on any atom is 0.251 e. The van der Waals surface area contributed by atoms with E-state index < -0.39 is 17.5 Å². The van der Waals surface area contributed by atoms with Crippen LogP contribution in [0.3, 0.4) is 0 Å². The lowest BCUT2D eigenvalue weighted by atomic mass is 9.85. The lowest BCUT2D eigenvalue weighted by Crippen LogP contribution is -2.43. The maximum absolute atomic E-state index is 13.5. The maximum atomic E-state index is 13.5. The van der Waals surface area contributed by atoms with Crippen molar-refractivity contribution in [2.45, 2.75) is 13.0 Å². The summed E-state index contributed by atoms with van der Waals surface area (Å²) < 4.78 is 18.5. The Balaban J connectivity index is 1.53. The van der Waals surface area contributed by atoms with Crippen molar-refractivity contribution < 1.29 is 23.5 Å². The van der Waals surface area contributed by atoms with Crippen molar-refractivity contribution in [3.63, 3.8) is 0 Å². The van der Waals surface area contributed by atoms with Gasteiger partial charge in [-0.1, -0.05) is 23.7 Å². The van der Waals surface area contributed by atoms with E-state index >= 15 is 0 Å². The van der Waals surface area contributed by atoms with Crippen LogP contribution in [0.2, 0.25) is 5.02 Å². The van der Waals surface area contributed by atoms with Crippen LogP contribution >= 0.6 is 11.6 Å². The van der Waals surface area contributed by atoms with Crippen LogP contribution < -0.4 is 15.0 Å². The van der Waals surface area contributed by atoms with Gasteiger partial charge in [0.1, 0.15) is 11.7 Å². The van der Waals surface area contributed by atoms with Gasteiger partial charge in [-0.2, -0.15) is 0 Å². The third-order valence-corrected chi connectivity index (χ3v) is 6.00. The average molecular weight is 482 g/mol. The Labute approximate surface area is 200 Å². The van der Waals surface area contributed by atoms with Crippen molar-refractivity contribution in [1.82, 2.24) is 10.3 Å². The second-order valence-corrected chi connectivity index (χ2v) is 8.30. The van der Waals surface area contributed by atoms with Crippen molar-refractivity contribution in [2.24, 2.45) is 5.92 Å². The standard InChI is InChI=1S/C25H21ClFN3O4/c1-30-21-7-5-16(24(32)29-13-15-4-8-22(34-2)28-12-15)11-17(21)23(31)18(25(30)33)9-14-3-6-20(27)19(26)10-14/h3-8,10-12,18H,9,13H2,1-2H3,(H,29,32). The minimum absolute atomic E-state index is 0.0718. The highest BCUT2D eigenvalue weighted by atomic mass is 35.5. The third-order valence-electron chi connectivity index (χ3n) is 5.71. The van der Waals surface area contributed by atoms with E-state index in [2.05, 4.69) is 10.3 Å². The summed E-state index contributed by atoms with van der Waals surface area (Å²) in [5.74, 6) is -2.24. The fourth-order valence-corrected chi connectivity index (χ4v) is 4.03.